The van der Waals surface area contributed by atoms with E-state index in [1.54, 1.807) is 5.32 Å². The Labute approximate surface area is 121 Å². The van der Waals surface area contributed by atoms with Crippen LogP contribution in [0.25, 0.3) is 0 Å². The Bertz CT molecular complexity index is 669. The second-order valence-electron chi connectivity index (χ2n) is 4.09. The van der Waals surface area contributed by atoms with Crippen molar-refractivity contribution in [2.45, 2.75) is 12.7 Å². The molecule has 1 aromatic heterocycles. The molecule has 0 aliphatic heterocycles. The van der Waals surface area contributed by atoms with Gasteiger partial charge in [-0.25, -0.2) is 4.39 Å². The lowest BCUT2D eigenvalue weighted by atomic mass is 10.2. The van der Waals surface area contributed by atoms with Gasteiger partial charge in [-0.05, 0) is 17.7 Å². The van der Waals surface area contributed by atoms with Crippen molar-refractivity contribution >= 4 is 23.3 Å². The molecule has 0 aliphatic carbocycles. The Morgan fingerprint density at radius 2 is 2.05 bits per heavy atom. The fourth-order valence-corrected chi connectivity index (χ4v) is 1.76. The molecule has 0 unspecified atom stereocenters. The van der Waals surface area contributed by atoms with Gasteiger partial charge in [0.1, 0.15) is 5.82 Å². The van der Waals surface area contributed by atoms with Gasteiger partial charge >= 0.3 is 12.1 Å². The summed E-state index contributed by atoms with van der Waals surface area (Å²) in [5.74, 6) is -2.84. The lowest BCUT2D eigenvalue weighted by Crippen LogP contribution is -2.30. The Morgan fingerprint density at radius 3 is 2.67 bits per heavy atom. The normalized spacial score (nSPS) is 11.5. The summed E-state index contributed by atoms with van der Waals surface area (Å²) < 4.78 is 50.4. The first-order valence-electron chi connectivity index (χ1n) is 5.61. The highest BCUT2D eigenvalue weighted by atomic mass is 35.5. The number of nitrogens with one attached hydrogen (secondary N) is 1. The number of nitrogens with zero attached hydrogens (tertiary/aromatic N) is 2. The highest BCUT2D eigenvalue weighted by molar-refractivity contribution is 6.31. The second-order valence-corrected chi connectivity index (χ2v) is 4.49. The fourth-order valence-electron chi connectivity index (χ4n) is 1.53. The lowest BCUT2D eigenvalue weighted by molar-refractivity contribution is -0.167. The van der Waals surface area contributed by atoms with Gasteiger partial charge in [0, 0.05) is 17.3 Å². The standard InChI is InChI=1S/C12H8ClF4N3O/c13-9-5-8(14)2-1-7(9)6-20-4-3-10(19-20)18-11(21)12(15,16)17/h1-5H,6H2,(H,18,19,21). The molecule has 4 nitrogen and oxygen atoms in total. The van der Waals surface area contributed by atoms with Crippen molar-refractivity contribution in [2.75, 3.05) is 5.32 Å². The molecule has 112 valence electrons. The van der Waals surface area contributed by atoms with Crippen LogP contribution >= 0.6 is 11.6 Å². The summed E-state index contributed by atoms with van der Waals surface area (Å²) in [5, 5.41) is 5.55. The van der Waals surface area contributed by atoms with Gasteiger partial charge in [0.05, 0.1) is 6.54 Å². The first-order valence-corrected chi connectivity index (χ1v) is 5.99. The summed E-state index contributed by atoms with van der Waals surface area (Å²) in [7, 11) is 0. The van der Waals surface area contributed by atoms with Gasteiger partial charge in [0.15, 0.2) is 5.82 Å². The minimum absolute atomic E-state index is 0.126. The van der Waals surface area contributed by atoms with Crippen LogP contribution in [0.15, 0.2) is 30.5 Å². The molecule has 1 N–H and O–H groups in total. The maximum atomic E-state index is 12.9. The van der Waals surface area contributed by atoms with Gasteiger partial charge in [-0.2, -0.15) is 18.3 Å². The number of alkyl halides is 3. The van der Waals surface area contributed by atoms with Crippen molar-refractivity contribution in [1.82, 2.24) is 9.78 Å². The zero-order chi connectivity index (χ0) is 15.6. The molecule has 21 heavy (non-hydrogen) atoms. The first-order chi connectivity index (χ1) is 9.75. The molecule has 1 heterocycles. The smallest absolute Gasteiger partial charge is 0.301 e. The number of rotatable bonds is 3. The van der Waals surface area contributed by atoms with E-state index in [4.69, 9.17) is 11.6 Å². The average molecular weight is 322 g/mol. The predicted molar refractivity (Wildman–Crippen MR) is 67.4 cm³/mol. The van der Waals surface area contributed by atoms with Gasteiger partial charge in [-0.1, -0.05) is 17.7 Å². The van der Waals surface area contributed by atoms with Gasteiger partial charge in [-0.3, -0.25) is 9.48 Å². The van der Waals surface area contributed by atoms with Gasteiger partial charge in [0.2, 0.25) is 0 Å². The zero-order valence-electron chi connectivity index (χ0n) is 10.3. The van der Waals surface area contributed by atoms with Crippen molar-refractivity contribution in [2.24, 2.45) is 0 Å². The van der Waals surface area contributed by atoms with Crippen molar-refractivity contribution in [3.05, 3.63) is 46.9 Å². The van der Waals surface area contributed by atoms with Crippen LogP contribution in [0.3, 0.4) is 0 Å². The SMILES string of the molecule is O=C(Nc1ccn(Cc2ccc(F)cc2Cl)n1)C(F)(F)F. The summed E-state index contributed by atoms with van der Waals surface area (Å²) in [5.41, 5.74) is 0.537. The number of anilines is 1. The molecule has 1 aromatic carbocycles. The van der Waals surface area contributed by atoms with E-state index in [1.165, 1.54) is 29.1 Å². The third-order valence-electron chi connectivity index (χ3n) is 2.49. The molecule has 0 saturated heterocycles. The molecule has 0 bridgehead atoms. The monoisotopic (exact) mass is 321 g/mol. The van der Waals surface area contributed by atoms with Crippen LogP contribution in [-0.2, 0) is 11.3 Å². The number of amides is 1. The minimum Gasteiger partial charge on any atom is -0.301 e. The third-order valence-corrected chi connectivity index (χ3v) is 2.84. The van der Waals surface area contributed by atoms with E-state index in [0.717, 1.165) is 6.07 Å². The van der Waals surface area contributed by atoms with Gasteiger partial charge < -0.3 is 5.32 Å². The summed E-state index contributed by atoms with van der Waals surface area (Å²) in [6.45, 7) is 0.126. The Morgan fingerprint density at radius 1 is 1.33 bits per heavy atom. The highest BCUT2D eigenvalue weighted by Gasteiger charge is 2.39. The summed E-state index contributed by atoms with van der Waals surface area (Å²) in [6.07, 6.45) is -3.62. The van der Waals surface area contributed by atoms with Crippen LogP contribution in [0.5, 0.6) is 0 Å². The zero-order valence-corrected chi connectivity index (χ0v) is 11.0. The molecule has 9 heteroatoms. The second kappa shape index (κ2) is 5.72. The number of carbonyl (C=O) groups excluding carboxylic acids is 1. The van der Waals surface area contributed by atoms with Crippen LogP contribution in [-0.4, -0.2) is 21.9 Å². The van der Waals surface area contributed by atoms with E-state index in [9.17, 15) is 22.4 Å². The predicted octanol–water partition coefficient (Wildman–Crippen LogP) is 3.22. The van der Waals surface area contributed by atoms with Crippen molar-refractivity contribution in [3.63, 3.8) is 0 Å². The van der Waals surface area contributed by atoms with Crippen molar-refractivity contribution in [1.29, 1.82) is 0 Å². The molecule has 0 radical (unpaired) electrons. The first kappa shape index (κ1) is 15.3. The highest BCUT2D eigenvalue weighted by Crippen LogP contribution is 2.20. The molecule has 0 atom stereocenters. The van der Waals surface area contributed by atoms with Crippen LogP contribution in [0.2, 0.25) is 5.02 Å². The largest absolute Gasteiger partial charge is 0.471 e. The van der Waals surface area contributed by atoms with Crippen molar-refractivity contribution in [3.8, 4) is 0 Å². The van der Waals surface area contributed by atoms with E-state index in [2.05, 4.69) is 5.10 Å². The van der Waals surface area contributed by atoms with Crippen LogP contribution in [0, 0.1) is 5.82 Å². The Balaban J connectivity index is 2.08. The number of benzene rings is 1. The fraction of sp³-hybridized carbons (Fsp3) is 0.167. The Hall–Kier alpha value is -2.09. The molecular formula is C12H8ClF4N3O. The number of hydrogen-bond donors (Lipinski definition) is 1. The van der Waals surface area contributed by atoms with Crippen LogP contribution < -0.4 is 5.32 Å². The van der Waals surface area contributed by atoms with E-state index >= 15 is 0 Å². The number of aromatic nitrogens is 2. The number of hydrogen-bond acceptors (Lipinski definition) is 2. The molecule has 0 spiro atoms. The number of carbonyl (C=O) groups is 1. The van der Waals surface area contributed by atoms with E-state index in [-0.39, 0.29) is 17.4 Å². The van der Waals surface area contributed by atoms with Crippen LogP contribution in [0.1, 0.15) is 5.56 Å². The van der Waals surface area contributed by atoms with Gasteiger partial charge in [0.25, 0.3) is 0 Å². The van der Waals surface area contributed by atoms with E-state index < -0.39 is 17.9 Å². The molecule has 2 rings (SSSR count). The quantitative estimate of drug-likeness (QED) is 0.882. The van der Waals surface area contributed by atoms with Crippen molar-refractivity contribution < 1.29 is 22.4 Å². The molecule has 0 saturated carbocycles. The summed E-state index contributed by atoms with van der Waals surface area (Å²) in [6, 6.07) is 4.97. The molecule has 0 fully saturated rings. The topological polar surface area (TPSA) is 46.9 Å². The van der Waals surface area contributed by atoms with E-state index in [1.807, 2.05) is 0 Å². The molecule has 2 aromatic rings. The summed E-state index contributed by atoms with van der Waals surface area (Å²) in [4.78, 5) is 10.7. The van der Waals surface area contributed by atoms with E-state index in [0.29, 0.717) is 5.56 Å². The maximum absolute atomic E-state index is 12.9. The number of halogens is 5. The third kappa shape index (κ3) is 3.94. The van der Waals surface area contributed by atoms with Crippen LogP contribution in [0.4, 0.5) is 23.4 Å². The molecular weight excluding hydrogens is 314 g/mol. The lowest BCUT2D eigenvalue weighted by Gasteiger charge is -2.06. The summed E-state index contributed by atoms with van der Waals surface area (Å²) >= 11 is 5.83. The minimum atomic E-state index is -4.98. The maximum Gasteiger partial charge on any atom is 0.471 e. The molecule has 0 aliphatic rings. The van der Waals surface area contributed by atoms with Gasteiger partial charge in [-0.15, -0.1) is 0 Å². The Kier molecular flexibility index (Phi) is 4.17. The average Bonchev–Trinajstić information content (AvgIpc) is 2.79. The molecule has 1 amide bonds.